The van der Waals surface area contributed by atoms with Gasteiger partial charge in [0.2, 0.25) is 5.76 Å². The Balaban J connectivity index is 1.99. The SMILES string of the molecule is COC(=O)c1ccc([C@@H](NC(=O)OCc2ccccc2)C(C)C)o1. The second-order valence-corrected chi connectivity index (χ2v) is 5.62. The summed E-state index contributed by atoms with van der Waals surface area (Å²) in [4.78, 5) is 23.5. The van der Waals surface area contributed by atoms with Crippen LogP contribution in [0.2, 0.25) is 0 Å². The zero-order valence-corrected chi connectivity index (χ0v) is 13.9. The number of hydrogen-bond acceptors (Lipinski definition) is 5. The number of carbonyl (C=O) groups is 2. The smallest absolute Gasteiger partial charge is 0.408 e. The Morgan fingerprint density at radius 1 is 1.12 bits per heavy atom. The Morgan fingerprint density at radius 3 is 2.46 bits per heavy atom. The van der Waals surface area contributed by atoms with Crippen molar-refractivity contribution in [3.8, 4) is 0 Å². The number of nitrogens with one attached hydrogen (secondary N) is 1. The van der Waals surface area contributed by atoms with E-state index in [-0.39, 0.29) is 18.3 Å². The third-order valence-corrected chi connectivity index (χ3v) is 3.47. The summed E-state index contributed by atoms with van der Waals surface area (Å²) >= 11 is 0. The van der Waals surface area contributed by atoms with Gasteiger partial charge in [0.05, 0.1) is 13.2 Å². The highest BCUT2D eigenvalue weighted by atomic mass is 16.5. The van der Waals surface area contributed by atoms with Crippen molar-refractivity contribution in [2.24, 2.45) is 5.92 Å². The average molecular weight is 331 g/mol. The summed E-state index contributed by atoms with van der Waals surface area (Å²) in [7, 11) is 1.28. The van der Waals surface area contributed by atoms with Gasteiger partial charge in [0.1, 0.15) is 12.4 Å². The molecule has 1 aromatic heterocycles. The lowest BCUT2D eigenvalue weighted by Gasteiger charge is -2.20. The minimum atomic E-state index is -0.560. The van der Waals surface area contributed by atoms with Crippen LogP contribution in [0, 0.1) is 5.92 Å². The van der Waals surface area contributed by atoms with Crippen molar-refractivity contribution >= 4 is 12.1 Å². The Bertz CT molecular complexity index is 678. The average Bonchev–Trinajstić information content (AvgIpc) is 3.07. The maximum Gasteiger partial charge on any atom is 0.408 e. The third kappa shape index (κ3) is 4.62. The van der Waals surface area contributed by atoms with Crippen LogP contribution in [0.1, 0.15) is 41.8 Å². The molecule has 0 saturated carbocycles. The van der Waals surface area contributed by atoms with E-state index in [0.717, 1.165) is 5.56 Å². The van der Waals surface area contributed by atoms with Crippen LogP contribution in [0.25, 0.3) is 0 Å². The van der Waals surface area contributed by atoms with Crippen LogP contribution in [-0.2, 0) is 16.1 Å². The highest BCUT2D eigenvalue weighted by Gasteiger charge is 2.24. The predicted molar refractivity (Wildman–Crippen MR) is 87.4 cm³/mol. The molecule has 0 aliphatic heterocycles. The number of benzene rings is 1. The van der Waals surface area contributed by atoms with E-state index in [1.807, 2.05) is 44.2 Å². The number of amides is 1. The van der Waals surface area contributed by atoms with Crippen molar-refractivity contribution in [2.45, 2.75) is 26.5 Å². The molecule has 1 heterocycles. The largest absolute Gasteiger partial charge is 0.463 e. The molecule has 1 atom stereocenters. The van der Waals surface area contributed by atoms with Crippen LogP contribution >= 0.6 is 0 Å². The van der Waals surface area contributed by atoms with E-state index in [2.05, 4.69) is 10.1 Å². The van der Waals surface area contributed by atoms with E-state index in [9.17, 15) is 9.59 Å². The number of hydrogen-bond donors (Lipinski definition) is 1. The van der Waals surface area contributed by atoms with Crippen LogP contribution < -0.4 is 5.32 Å². The molecular formula is C18H21NO5. The molecule has 2 rings (SSSR count). The summed E-state index contributed by atoms with van der Waals surface area (Å²) in [6.45, 7) is 4.05. The second kappa shape index (κ2) is 8.19. The topological polar surface area (TPSA) is 77.8 Å². The van der Waals surface area contributed by atoms with E-state index in [4.69, 9.17) is 9.15 Å². The molecule has 1 N–H and O–H groups in total. The molecule has 0 spiro atoms. The summed E-state index contributed by atoms with van der Waals surface area (Å²) in [5.74, 6) is 0.0565. The first-order valence-electron chi connectivity index (χ1n) is 7.66. The molecule has 0 aliphatic rings. The van der Waals surface area contributed by atoms with Gasteiger partial charge in [0.15, 0.2) is 0 Å². The molecule has 6 nitrogen and oxygen atoms in total. The number of alkyl carbamates (subject to hydrolysis) is 1. The molecule has 0 aliphatic carbocycles. The summed E-state index contributed by atoms with van der Waals surface area (Å²) in [5.41, 5.74) is 0.903. The number of rotatable bonds is 6. The highest BCUT2D eigenvalue weighted by Crippen LogP contribution is 2.24. The summed E-state index contributed by atoms with van der Waals surface area (Å²) in [5, 5.41) is 2.77. The van der Waals surface area contributed by atoms with Crippen LogP contribution in [0.15, 0.2) is 46.9 Å². The minimum absolute atomic E-state index is 0.0472. The fraction of sp³-hybridized carbons (Fsp3) is 0.333. The van der Waals surface area contributed by atoms with Gasteiger partial charge in [-0.05, 0) is 23.6 Å². The lowest BCUT2D eigenvalue weighted by atomic mass is 10.0. The Kier molecular flexibility index (Phi) is 6.01. The van der Waals surface area contributed by atoms with Gasteiger partial charge in [-0.3, -0.25) is 0 Å². The van der Waals surface area contributed by atoms with Crippen LogP contribution in [-0.4, -0.2) is 19.2 Å². The predicted octanol–water partition coefficient (Wildman–Crippen LogP) is 3.69. The van der Waals surface area contributed by atoms with E-state index >= 15 is 0 Å². The van der Waals surface area contributed by atoms with Gasteiger partial charge in [-0.25, -0.2) is 9.59 Å². The first kappa shape index (κ1) is 17.6. The van der Waals surface area contributed by atoms with Crippen LogP contribution in [0.4, 0.5) is 4.79 Å². The van der Waals surface area contributed by atoms with Gasteiger partial charge in [-0.15, -0.1) is 0 Å². The van der Waals surface area contributed by atoms with Crippen molar-refractivity contribution in [1.82, 2.24) is 5.32 Å². The summed E-state index contributed by atoms with van der Waals surface area (Å²) in [6, 6.07) is 12.2. The van der Waals surface area contributed by atoms with Crippen LogP contribution in [0.3, 0.4) is 0 Å². The van der Waals surface area contributed by atoms with Gasteiger partial charge in [-0.2, -0.15) is 0 Å². The highest BCUT2D eigenvalue weighted by molar-refractivity contribution is 5.86. The Morgan fingerprint density at radius 2 is 1.83 bits per heavy atom. The lowest BCUT2D eigenvalue weighted by Crippen LogP contribution is -2.32. The molecule has 6 heteroatoms. The Labute approximate surface area is 140 Å². The molecular weight excluding hydrogens is 310 g/mol. The Hall–Kier alpha value is -2.76. The van der Waals surface area contributed by atoms with Gasteiger partial charge >= 0.3 is 12.1 Å². The molecule has 128 valence electrons. The molecule has 0 saturated heterocycles. The van der Waals surface area contributed by atoms with E-state index < -0.39 is 18.1 Å². The van der Waals surface area contributed by atoms with E-state index in [1.165, 1.54) is 13.2 Å². The zero-order valence-electron chi connectivity index (χ0n) is 13.9. The minimum Gasteiger partial charge on any atom is -0.463 e. The molecule has 24 heavy (non-hydrogen) atoms. The molecule has 0 radical (unpaired) electrons. The first-order valence-corrected chi connectivity index (χ1v) is 7.66. The quantitative estimate of drug-likeness (QED) is 0.817. The van der Waals surface area contributed by atoms with Gasteiger partial charge in [0.25, 0.3) is 0 Å². The molecule has 0 bridgehead atoms. The molecule has 0 fully saturated rings. The summed E-state index contributed by atoms with van der Waals surface area (Å²) in [6.07, 6.45) is -0.548. The molecule has 1 amide bonds. The number of esters is 1. The summed E-state index contributed by atoms with van der Waals surface area (Å²) < 4.78 is 15.3. The van der Waals surface area contributed by atoms with Crippen molar-refractivity contribution < 1.29 is 23.5 Å². The monoisotopic (exact) mass is 331 g/mol. The number of methoxy groups -OCH3 is 1. The van der Waals surface area contributed by atoms with Crippen molar-refractivity contribution in [2.75, 3.05) is 7.11 Å². The van der Waals surface area contributed by atoms with E-state index in [1.54, 1.807) is 6.07 Å². The van der Waals surface area contributed by atoms with Crippen LogP contribution in [0.5, 0.6) is 0 Å². The molecule has 0 unspecified atom stereocenters. The van der Waals surface area contributed by atoms with Gasteiger partial charge in [0, 0.05) is 0 Å². The first-order chi connectivity index (χ1) is 11.5. The maximum absolute atomic E-state index is 12.0. The normalized spacial score (nSPS) is 11.8. The maximum atomic E-state index is 12.0. The molecule has 2 aromatic rings. The van der Waals surface area contributed by atoms with Crippen molar-refractivity contribution in [3.05, 3.63) is 59.5 Å². The van der Waals surface area contributed by atoms with Crippen molar-refractivity contribution in [1.29, 1.82) is 0 Å². The fourth-order valence-electron chi connectivity index (χ4n) is 2.19. The zero-order chi connectivity index (χ0) is 17.5. The van der Waals surface area contributed by atoms with Crippen molar-refractivity contribution in [3.63, 3.8) is 0 Å². The number of furan rings is 1. The third-order valence-electron chi connectivity index (χ3n) is 3.47. The number of carbonyl (C=O) groups excluding carboxylic acids is 2. The van der Waals surface area contributed by atoms with E-state index in [0.29, 0.717) is 5.76 Å². The fourth-order valence-corrected chi connectivity index (χ4v) is 2.19. The van der Waals surface area contributed by atoms with Gasteiger partial charge < -0.3 is 19.2 Å². The lowest BCUT2D eigenvalue weighted by molar-refractivity contribution is 0.0561. The molecule has 1 aromatic carbocycles. The second-order valence-electron chi connectivity index (χ2n) is 5.62. The standard InChI is InChI=1S/C18H21NO5/c1-12(2)16(14-9-10-15(24-14)17(20)22-3)19-18(21)23-11-13-7-5-4-6-8-13/h4-10,12,16H,11H2,1-3H3,(H,19,21)/t16-/m0/s1. The van der Waals surface area contributed by atoms with Gasteiger partial charge in [-0.1, -0.05) is 44.2 Å². The number of ether oxygens (including phenoxy) is 2.